The molecule has 2 aliphatic carbocycles. The SMILES string of the molecule is Cc1cc(C(C)(C)C)ccc1-c1cccc2c1C=C1[SiH2]C3=Cc4c(-c5ccc(C(C)(C)C)cc5C)cccc4[CH]3[Hf]([CH3])([CH3])[CH2]CCCC12. The summed E-state index contributed by atoms with van der Waals surface area (Å²) in [6, 6.07) is 28.9. The van der Waals surface area contributed by atoms with E-state index >= 15 is 0 Å². The van der Waals surface area contributed by atoms with Gasteiger partial charge in [0.05, 0.1) is 0 Å². The topological polar surface area (TPSA) is 0 Å². The molecule has 1 aliphatic heterocycles. The molecule has 2 heteroatoms. The van der Waals surface area contributed by atoms with Crippen LogP contribution in [-0.4, -0.2) is 9.52 Å². The van der Waals surface area contributed by atoms with Gasteiger partial charge in [0.25, 0.3) is 0 Å². The fraction of sp³-hybridized carbons (Fsp3) is 0.391. The van der Waals surface area contributed by atoms with Gasteiger partial charge in [-0.1, -0.05) is 20.8 Å². The molecular weight excluding hydrogens is 759 g/mol. The molecular formula is C46H56HfSi. The van der Waals surface area contributed by atoms with Crippen LogP contribution in [0.5, 0.6) is 0 Å². The molecule has 2 unspecified atom stereocenters. The Morgan fingerprint density at radius 2 is 1.12 bits per heavy atom. The second-order valence-electron chi connectivity index (χ2n) is 18.0. The van der Waals surface area contributed by atoms with Crippen molar-refractivity contribution in [3.63, 3.8) is 0 Å². The van der Waals surface area contributed by atoms with Gasteiger partial charge in [0.15, 0.2) is 0 Å². The maximum atomic E-state index is 2.78. The Morgan fingerprint density at radius 1 is 0.604 bits per heavy atom. The fourth-order valence-corrected chi connectivity index (χ4v) is 30.1. The van der Waals surface area contributed by atoms with E-state index in [-0.39, 0.29) is 10.8 Å². The van der Waals surface area contributed by atoms with Crippen molar-refractivity contribution >= 4 is 21.7 Å². The van der Waals surface area contributed by atoms with Gasteiger partial charge in [-0.15, -0.1) is 0 Å². The van der Waals surface area contributed by atoms with Crippen molar-refractivity contribution in [3.05, 3.63) is 128 Å². The van der Waals surface area contributed by atoms with Crippen LogP contribution in [0, 0.1) is 13.8 Å². The van der Waals surface area contributed by atoms with Gasteiger partial charge >= 0.3 is 279 Å². The number of allylic oxidation sites excluding steroid dienone is 2. The van der Waals surface area contributed by atoms with Crippen molar-refractivity contribution in [1.82, 2.24) is 0 Å². The third kappa shape index (κ3) is 6.08. The van der Waals surface area contributed by atoms with Gasteiger partial charge in [-0.25, -0.2) is 0 Å². The number of benzene rings is 4. The van der Waals surface area contributed by atoms with E-state index in [2.05, 4.69) is 150 Å². The zero-order valence-corrected chi connectivity index (χ0v) is 36.3. The van der Waals surface area contributed by atoms with Crippen molar-refractivity contribution in [2.45, 2.75) is 109 Å². The Hall–Kier alpha value is -2.55. The first-order chi connectivity index (χ1) is 22.6. The van der Waals surface area contributed by atoms with E-state index < -0.39 is 29.5 Å². The quantitative estimate of drug-likeness (QED) is 0.177. The summed E-state index contributed by atoms with van der Waals surface area (Å²) < 4.78 is 7.79. The molecule has 4 aromatic carbocycles. The summed E-state index contributed by atoms with van der Waals surface area (Å²) in [7, 11) is -0.608. The van der Waals surface area contributed by atoms with Crippen LogP contribution in [0.1, 0.15) is 115 Å². The van der Waals surface area contributed by atoms with Crippen LogP contribution in [0.25, 0.3) is 34.4 Å². The van der Waals surface area contributed by atoms with E-state index in [1.165, 1.54) is 73.5 Å². The van der Waals surface area contributed by atoms with Gasteiger partial charge in [-0.2, -0.15) is 0 Å². The first-order valence-corrected chi connectivity index (χ1v) is 31.7. The predicted molar refractivity (Wildman–Crippen MR) is 211 cm³/mol. The molecule has 1 saturated heterocycles. The van der Waals surface area contributed by atoms with Crippen LogP contribution in [-0.2, 0) is 30.8 Å². The minimum atomic E-state index is -2.63. The number of aryl methyl sites for hydroxylation is 2. The second kappa shape index (κ2) is 12.3. The fourth-order valence-electron chi connectivity index (χ4n) is 9.23. The zero-order valence-electron chi connectivity index (χ0n) is 31.3. The predicted octanol–water partition coefficient (Wildman–Crippen LogP) is 12.8. The van der Waals surface area contributed by atoms with Crippen molar-refractivity contribution in [3.8, 4) is 22.3 Å². The number of hydrogen-bond donors (Lipinski definition) is 0. The Balaban J connectivity index is 1.32. The van der Waals surface area contributed by atoms with E-state index in [1.807, 2.05) is 5.20 Å². The van der Waals surface area contributed by atoms with E-state index in [0.29, 0.717) is 5.92 Å². The van der Waals surface area contributed by atoms with Crippen molar-refractivity contribution in [2.75, 3.05) is 0 Å². The number of hydrogen-bond acceptors (Lipinski definition) is 0. The Kier molecular flexibility index (Phi) is 8.72. The Labute approximate surface area is 298 Å². The molecule has 1 fully saturated rings. The zero-order chi connectivity index (χ0) is 34.2. The van der Waals surface area contributed by atoms with Crippen LogP contribution < -0.4 is 0 Å². The van der Waals surface area contributed by atoms with Crippen LogP contribution in [0.15, 0.2) is 83.2 Å². The van der Waals surface area contributed by atoms with E-state index in [0.717, 1.165) is 3.67 Å². The van der Waals surface area contributed by atoms with Crippen LogP contribution in [0.2, 0.25) is 13.5 Å². The second-order valence-corrected chi connectivity index (χ2v) is 38.2. The third-order valence-corrected chi connectivity index (χ3v) is 29.5. The first kappa shape index (κ1) is 33.9. The molecule has 3 aliphatic rings. The third-order valence-electron chi connectivity index (χ3n) is 12.0. The molecule has 0 amide bonds. The van der Waals surface area contributed by atoms with Gasteiger partial charge in [0.2, 0.25) is 0 Å². The molecule has 248 valence electrons. The normalized spacial score (nSPS) is 20.8. The van der Waals surface area contributed by atoms with Gasteiger partial charge in [-0.3, -0.25) is 0 Å². The first-order valence-electron chi connectivity index (χ1n) is 18.5. The Morgan fingerprint density at radius 3 is 1.67 bits per heavy atom. The molecule has 0 bridgehead atoms. The number of rotatable bonds is 2. The summed E-state index contributed by atoms with van der Waals surface area (Å²) in [4.78, 5) is 0. The minimum absolute atomic E-state index is 0.161. The summed E-state index contributed by atoms with van der Waals surface area (Å²) in [5.74, 6) is 0.593. The summed E-state index contributed by atoms with van der Waals surface area (Å²) in [6.07, 6.45) is 9.51. The molecule has 0 spiro atoms. The van der Waals surface area contributed by atoms with Gasteiger partial charge in [-0.05, 0) is 0 Å². The van der Waals surface area contributed by atoms with Crippen LogP contribution in [0.3, 0.4) is 0 Å². The Bertz CT molecular complexity index is 1970. The van der Waals surface area contributed by atoms with Gasteiger partial charge in [0, 0.05) is 0 Å². The summed E-state index contributed by atoms with van der Waals surface area (Å²) in [5, 5.41) is 3.65. The molecule has 0 N–H and O–H groups in total. The standard InChI is InChI=1S/C44H50Si.2CH3.Hf/c1-10-11-15-39-38-18-13-17-37(35-22-20-32(24-29(35)3)44(7,8)9)41(38)27-42(39)45-33-25-30-14-12-16-36(40(30)26-33)34-21-19-31(23-28(34)2)43(4,5)6;;;/h12-14,16-27,39H,1,10-11,15,45H2,2-9H3;2*1H3;. The molecule has 2 atom stereocenters. The maximum absolute atomic E-state index is 2.78. The van der Waals surface area contributed by atoms with Crippen molar-refractivity contribution in [2.24, 2.45) is 0 Å². The summed E-state index contributed by atoms with van der Waals surface area (Å²) in [5.41, 5.74) is 18.0. The molecule has 0 nitrogen and oxygen atoms in total. The average Bonchev–Trinajstić information content (AvgIpc) is 3.56. The van der Waals surface area contributed by atoms with E-state index in [4.69, 9.17) is 0 Å². The monoisotopic (exact) mass is 816 g/mol. The van der Waals surface area contributed by atoms with Crippen LogP contribution in [0.4, 0.5) is 0 Å². The van der Waals surface area contributed by atoms with Crippen molar-refractivity contribution in [1.29, 1.82) is 0 Å². The summed E-state index contributed by atoms with van der Waals surface area (Å²) in [6.45, 7) is 18.6. The molecule has 0 aromatic heterocycles. The molecule has 0 saturated carbocycles. The van der Waals surface area contributed by atoms with E-state index in [1.54, 1.807) is 21.9 Å². The molecule has 1 heterocycles. The number of fused-ring (bicyclic) bond motifs is 6. The van der Waals surface area contributed by atoms with E-state index in [9.17, 15) is 0 Å². The average molecular weight is 816 g/mol. The molecule has 7 rings (SSSR count). The van der Waals surface area contributed by atoms with Gasteiger partial charge < -0.3 is 0 Å². The summed E-state index contributed by atoms with van der Waals surface area (Å²) >= 11 is -2.63. The van der Waals surface area contributed by atoms with Gasteiger partial charge in [0.1, 0.15) is 0 Å². The van der Waals surface area contributed by atoms with Crippen LogP contribution >= 0.6 is 0 Å². The van der Waals surface area contributed by atoms with Crippen molar-refractivity contribution < 1.29 is 20.0 Å². The molecule has 4 aromatic rings. The molecule has 0 radical (unpaired) electrons. The molecule has 48 heavy (non-hydrogen) atoms.